The van der Waals surface area contributed by atoms with Crippen LogP contribution < -0.4 is 5.73 Å². The van der Waals surface area contributed by atoms with Gasteiger partial charge in [-0.1, -0.05) is 42.3 Å². The number of rotatable bonds is 5. The van der Waals surface area contributed by atoms with Gasteiger partial charge in [0.1, 0.15) is 0 Å². The second kappa shape index (κ2) is 7.11. The molecule has 0 atom stereocenters. The molecule has 5 heteroatoms. The van der Waals surface area contributed by atoms with E-state index in [1.54, 1.807) is 12.1 Å². The minimum atomic E-state index is 0.0752. The van der Waals surface area contributed by atoms with Crippen molar-refractivity contribution in [2.45, 2.75) is 32.1 Å². The Hall–Kier alpha value is -2.04. The number of likely N-dealkylation sites (N-methyl/N-ethyl adjacent to an activating group) is 1. The van der Waals surface area contributed by atoms with Crippen molar-refractivity contribution in [3.05, 3.63) is 35.4 Å². The minimum absolute atomic E-state index is 0.0752. The molecule has 1 aromatic rings. The fourth-order valence-corrected chi connectivity index (χ4v) is 2.84. The van der Waals surface area contributed by atoms with Gasteiger partial charge in [0, 0.05) is 19.2 Å². The molecule has 1 aliphatic carbocycles. The Balaban J connectivity index is 1.89. The van der Waals surface area contributed by atoms with E-state index in [0.717, 1.165) is 12.1 Å². The molecular weight excluding hydrogens is 266 g/mol. The molecular formula is C16H23N3O2. The number of nitrogens with zero attached hydrogens (tertiary/aromatic N) is 2. The van der Waals surface area contributed by atoms with Crippen LogP contribution in [0.1, 0.15) is 36.8 Å². The van der Waals surface area contributed by atoms with Crippen molar-refractivity contribution in [3.63, 3.8) is 0 Å². The smallest absolute Gasteiger partial charge is 0.226 e. The van der Waals surface area contributed by atoms with E-state index in [4.69, 9.17) is 10.9 Å². The summed E-state index contributed by atoms with van der Waals surface area (Å²) in [5.41, 5.74) is 7.09. The lowest BCUT2D eigenvalue weighted by Crippen LogP contribution is -2.32. The topological polar surface area (TPSA) is 78.9 Å². The van der Waals surface area contributed by atoms with Crippen LogP contribution in [0.25, 0.3) is 0 Å². The Morgan fingerprint density at radius 2 is 1.95 bits per heavy atom. The maximum atomic E-state index is 12.2. The normalized spacial score (nSPS) is 16.1. The van der Waals surface area contributed by atoms with Gasteiger partial charge in [-0.25, -0.2) is 0 Å². The first kappa shape index (κ1) is 15.4. The van der Waals surface area contributed by atoms with Gasteiger partial charge in [0.05, 0.1) is 6.42 Å². The maximum Gasteiger partial charge on any atom is 0.226 e. The van der Waals surface area contributed by atoms with E-state index in [1.165, 1.54) is 25.7 Å². The van der Waals surface area contributed by atoms with Gasteiger partial charge in [-0.3, -0.25) is 4.79 Å². The molecule has 0 heterocycles. The molecule has 1 saturated carbocycles. The summed E-state index contributed by atoms with van der Waals surface area (Å²) in [7, 11) is 1.88. The highest BCUT2D eigenvalue weighted by Gasteiger charge is 2.19. The number of carbonyl (C=O) groups is 1. The quantitative estimate of drug-likeness (QED) is 0.376. The summed E-state index contributed by atoms with van der Waals surface area (Å²) in [6.07, 6.45) is 5.46. The zero-order valence-corrected chi connectivity index (χ0v) is 12.5. The van der Waals surface area contributed by atoms with Crippen LogP contribution in [0.15, 0.2) is 29.4 Å². The van der Waals surface area contributed by atoms with Crippen molar-refractivity contribution in [3.8, 4) is 0 Å². The van der Waals surface area contributed by atoms with E-state index >= 15 is 0 Å². The molecule has 1 aromatic carbocycles. The standard InChI is InChI=1S/C16H23N3O2/c1-19(11-13-4-2-3-5-13)15(20)10-12-6-8-14(9-7-12)16(17)18-21/h6-9,13,21H,2-5,10-11H2,1H3,(H2,17,18). The van der Waals surface area contributed by atoms with Crippen LogP contribution in [0.2, 0.25) is 0 Å². The summed E-state index contributed by atoms with van der Waals surface area (Å²) in [5.74, 6) is 0.881. The molecule has 0 bridgehead atoms. The summed E-state index contributed by atoms with van der Waals surface area (Å²) in [4.78, 5) is 14.1. The molecule has 0 aliphatic heterocycles. The van der Waals surface area contributed by atoms with Crippen LogP contribution in [-0.4, -0.2) is 35.4 Å². The monoisotopic (exact) mass is 289 g/mol. The molecule has 0 spiro atoms. The molecule has 2 rings (SSSR count). The summed E-state index contributed by atoms with van der Waals surface area (Å²) in [6.45, 7) is 0.862. The number of oxime groups is 1. The van der Waals surface area contributed by atoms with Crippen molar-refractivity contribution in [2.24, 2.45) is 16.8 Å². The van der Waals surface area contributed by atoms with E-state index in [-0.39, 0.29) is 11.7 Å². The fourth-order valence-electron chi connectivity index (χ4n) is 2.84. The van der Waals surface area contributed by atoms with E-state index in [0.29, 0.717) is 17.9 Å². The summed E-state index contributed by atoms with van der Waals surface area (Å²) >= 11 is 0. The fraction of sp³-hybridized carbons (Fsp3) is 0.500. The van der Waals surface area contributed by atoms with Gasteiger partial charge in [0.2, 0.25) is 5.91 Å². The van der Waals surface area contributed by atoms with Crippen LogP contribution >= 0.6 is 0 Å². The molecule has 0 radical (unpaired) electrons. The predicted molar refractivity (Wildman–Crippen MR) is 82.3 cm³/mol. The molecule has 3 N–H and O–H groups in total. The number of amidine groups is 1. The number of nitrogens with two attached hydrogens (primary N) is 1. The lowest BCUT2D eigenvalue weighted by molar-refractivity contribution is -0.129. The average Bonchev–Trinajstić information content (AvgIpc) is 3.00. The highest BCUT2D eigenvalue weighted by molar-refractivity contribution is 5.97. The predicted octanol–water partition coefficient (Wildman–Crippen LogP) is 1.97. The van der Waals surface area contributed by atoms with E-state index in [9.17, 15) is 4.79 Å². The number of hydrogen-bond donors (Lipinski definition) is 2. The molecule has 1 amide bonds. The highest BCUT2D eigenvalue weighted by Crippen LogP contribution is 2.25. The van der Waals surface area contributed by atoms with Crippen LogP contribution in [0.3, 0.4) is 0 Å². The van der Waals surface area contributed by atoms with Crippen molar-refractivity contribution in [1.82, 2.24) is 4.90 Å². The van der Waals surface area contributed by atoms with Crippen molar-refractivity contribution in [1.29, 1.82) is 0 Å². The SMILES string of the molecule is CN(CC1CCCC1)C(=O)Cc1ccc(C(N)=NO)cc1. The van der Waals surface area contributed by atoms with Gasteiger partial charge < -0.3 is 15.8 Å². The zero-order chi connectivity index (χ0) is 15.2. The molecule has 5 nitrogen and oxygen atoms in total. The first-order valence-electron chi connectivity index (χ1n) is 7.41. The van der Waals surface area contributed by atoms with Crippen LogP contribution in [-0.2, 0) is 11.2 Å². The third kappa shape index (κ3) is 4.21. The van der Waals surface area contributed by atoms with E-state index in [2.05, 4.69) is 5.16 Å². The molecule has 0 unspecified atom stereocenters. The van der Waals surface area contributed by atoms with Gasteiger partial charge in [-0.15, -0.1) is 0 Å². The van der Waals surface area contributed by atoms with Crippen LogP contribution in [0.5, 0.6) is 0 Å². The zero-order valence-electron chi connectivity index (χ0n) is 12.5. The Labute approximate surface area is 125 Å². The van der Waals surface area contributed by atoms with Crippen LogP contribution in [0, 0.1) is 5.92 Å². The second-order valence-electron chi connectivity index (χ2n) is 5.78. The van der Waals surface area contributed by atoms with E-state index < -0.39 is 0 Å². The van der Waals surface area contributed by atoms with Crippen molar-refractivity contribution >= 4 is 11.7 Å². The van der Waals surface area contributed by atoms with Crippen LogP contribution in [0.4, 0.5) is 0 Å². The van der Waals surface area contributed by atoms with Crippen molar-refractivity contribution in [2.75, 3.05) is 13.6 Å². The van der Waals surface area contributed by atoms with Gasteiger partial charge in [0.15, 0.2) is 5.84 Å². The van der Waals surface area contributed by atoms with Crippen molar-refractivity contribution < 1.29 is 10.0 Å². The Morgan fingerprint density at radius 1 is 1.33 bits per heavy atom. The first-order chi connectivity index (χ1) is 10.1. The molecule has 114 valence electrons. The summed E-state index contributed by atoms with van der Waals surface area (Å²) in [5, 5.41) is 11.6. The Bertz CT molecular complexity index is 505. The third-order valence-electron chi connectivity index (χ3n) is 4.15. The minimum Gasteiger partial charge on any atom is -0.409 e. The number of hydrogen-bond acceptors (Lipinski definition) is 3. The number of amides is 1. The molecule has 0 saturated heterocycles. The second-order valence-corrected chi connectivity index (χ2v) is 5.78. The first-order valence-corrected chi connectivity index (χ1v) is 7.41. The molecule has 0 aromatic heterocycles. The van der Waals surface area contributed by atoms with Gasteiger partial charge in [-0.2, -0.15) is 0 Å². The molecule has 1 fully saturated rings. The lowest BCUT2D eigenvalue weighted by atomic mass is 10.1. The van der Waals surface area contributed by atoms with Gasteiger partial charge >= 0.3 is 0 Å². The third-order valence-corrected chi connectivity index (χ3v) is 4.15. The number of benzene rings is 1. The van der Waals surface area contributed by atoms with Gasteiger partial charge in [0.25, 0.3) is 0 Å². The maximum absolute atomic E-state index is 12.2. The summed E-state index contributed by atoms with van der Waals surface area (Å²) < 4.78 is 0. The summed E-state index contributed by atoms with van der Waals surface area (Å²) in [6, 6.07) is 7.20. The largest absolute Gasteiger partial charge is 0.409 e. The average molecular weight is 289 g/mol. The number of carbonyl (C=O) groups excluding carboxylic acids is 1. The Morgan fingerprint density at radius 3 is 2.52 bits per heavy atom. The Kier molecular flexibility index (Phi) is 5.20. The van der Waals surface area contributed by atoms with E-state index in [1.807, 2.05) is 24.1 Å². The molecule has 21 heavy (non-hydrogen) atoms. The highest BCUT2D eigenvalue weighted by atomic mass is 16.4. The lowest BCUT2D eigenvalue weighted by Gasteiger charge is -2.21. The van der Waals surface area contributed by atoms with Gasteiger partial charge in [-0.05, 0) is 24.3 Å². The molecule has 1 aliphatic rings.